The Balaban J connectivity index is 1.85. The van der Waals surface area contributed by atoms with Crippen LogP contribution in [-0.4, -0.2) is 40.1 Å². The molecule has 1 saturated heterocycles. The molecule has 0 radical (unpaired) electrons. The summed E-state index contributed by atoms with van der Waals surface area (Å²) in [5.74, 6) is -0.177. The van der Waals surface area contributed by atoms with Gasteiger partial charge >= 0.3 is 0 Å². The summed E-state index contributed by atoms with van der Waals surface area (Å²) in [7, 11) is -3.56. The van der Waals surface area contributed by atoms with Crippen molar-refractivity contribution in [2.45, 2.75) is 37.7 Å². The molecular weight excluding hydrogens is 304 g/mol. The molecule has 0 spiro atoms. The number of carbonyl (C=O) groups is 1. The normalized spacial score (nSPS) is 18.4. The molecule has 0 aromatic heterocycles. The van der Waals surface area contributed by atoms with Crippen molar-refractivity contribution in [1.29, 1.82) is 0 Å². The SMILES string of the molecule is Cc1ccc(C)c(S(=O)(=O)NCCNC(=O)C2CCCO2)c1. The van der Waals surface area contributed by atoms with Crippen LogP contribution in [0.2, 0.25) is 0 Å². The molecule has 1 aliphatic heterocycles. The lowest BCUT2D eigenvalue weighted by Crippen LogP contribution is -2.39. The first-order valence-corrected chi connectivity index (χ1v) is 8.85. The van der Waals surface area contributed by atoms with E-state index >= 15 is 0 Å². The molecule has 0 saturated carbocycles. The van der Waals surface area contributed by atoms with Crippen molar-refractivity contribution in [3.63, 3.8) is 0 Å². The Morgan fingerprint density at radius 1 is 1.32 bits per heavy atom. The number of rotatable bonds is 6. The fraction of sp³-hybridized carbons (Fsp3) is 0.533. The van der Waals surface area contributed by atoms with Gasteiger partial charge in [0.05, 0.1) is 4.90 Å². The van der Waals surface area contributed by atoms with Crippen LogP contribution in [0.3, 0.4) is 0 Å². The van der Waals surface area contributed by atoms with Gasteiger partial charge in [-0.3, -0.25) is 4.79 Å². The minimum absolute atomic E-state index is 0.147. The maximum absolute atomic E-state index is 12.3. The summed E-state index contributed by atoms with van der Waals surface area (Å²) in [6.07, 6.45) is 1.22. The molecule has 1 aromatic carbocycles. The molecule has 22 heavy (non-hydrogen) atoms. The summed E-state index contributed by atoms with van der Waals surface area (Å²) in [5, 5.41) is 2.68. The lowest BCUT2D eigenvalue weighted by molar-refractivity contribution is -0.129. The van der Waals surface area contributed by atoms with Crippen LogP contribution in [-0.2, 0) is 19.6 Å². The molecule has 1 aromatic rings. The fourth-order valence-electron chi connectivity index (χ4n) is 2.34. The van der Waals surface area contributed by atoms with Gasteiger partial charge in [0.15, 0.2) is 0 Å². The topological polar surface area (TPSA) is 84.5 Å². The fourth-order valence-corrected chi connectivity index (χ4v) is 3.70. The first-order chi connectivity index (χ1) is 10.4. The van der Waals surface area contributed by atoms with E-state index in [9.17, 15) is 13.2 Å². The number of aryl methyl sites for hydroxylation is 2. The Hall–Kier alpha value is -1.44. The second-order valence-corrected chi connectivity index (χ2v) is 7.19. The zero-order valence-corrected chi connectivity index (χ0v) is 13.7. The molecule has 2 N–H and O–H groups in total. The molecular formula is C15H22N2O4S. The third-order valence-electron chi connectivity index (χ3n) is 3.57. The van der Waals surface area contributed by atoms with Gasteiger partial charge in [0.25, 0.3) is 0 Å². The van der Waals surface area contributed by atoms with E-state index in [1.807, 2.05) is 13.0 Å². The Kier molecular flexibility index (Phi) is 5.55. The van der Waals surface area contributed by atoms with Gasteiger partial charge in [0, 0.05) is 19.7 Å². The van der Waals surface area contributed by atoms with Gasteiger partial charge < -0.3 is 10.1 Å². The number of hydrogen-bond acceptors (Lipinski definition) is 4. The summed E-state index contributed by atoms with van der Waals surface area (Å²) >= 11 is 0. The molecule has 1 fully saturated rings. The van der Waals surface area contributed by atoms with E-state index < -0.39 is 16.1 Å². The van der Waals surface area contributed by atoms with Crippen LogP contribution in [0, 0.1) is 13.8 Å². The summed E-state index contributed by atoms with van der Waals surface area (Å²) in [6, 6.07) is 5.29. The zero-order chi connectivity index (χ0) is 16.2. The Labute approximate surface area is 131 Å². The molecule has 1 unspecified atom stereocenters. The molecule has 122 valence electrons. The van der Waals surface area contributed by atoms with Crippen molar-refractivity contribution in [2.75, 3.05) is 19.7 Å². The highest BCUT2D eigenvalue weighted by Gasteiger charge is 2.23. The van der Waals surface area contributed by atoms with E-state index in [1.54, 1.807) is 19.1 Å². The summed E-state index contributed by atoms with van der Waals surface area (Å²) in [5.41, 5.74) is 1.58. The average molecular weight is 326 g/mol. The second-order valence-electron chi connectivity index (χ2n) is 5.46. The van der Waals surface area contributed by atoms with E-state index in [0.29, 0.717) is 12.2 Å². The zero-order valence-electron chi connectivity index (χ0n) is 12.9. The van der Waals surface area contributed by atoms with Crippen LogP contribution in [0.1, 0.15) is 24.0 Å². The van der Waals surface area contributed by atoms with Crippen LogP contribution < -0.4 is 10.0 Å². The molecule has 1 aliphatic rings. The molecule has 1 amide bonds. The Morgan fingerprint density at radius 2 is 2.09 bits per heavy atom. The van der Waals surface area contributed by atoms with Crippen molar-refractivity contribution < 1.29 is 17.9 Å². The number of benzene rings is 1. The van der Waals surface area contributed by atoms with Crippen LogP contribution in [0.15, 0.2) is 23.1 Å². The number of nitrogens with one attached hydrogen (secondary N) is 2. The molecule has 1 atom stereocenters. The first kappa shape index (κ1) is 16.9. The molecule has 1 heterocycles. The van der Waals surface area contributed by atoms with Gasteiger partial charge in [-0.15, -0.1) is 0 Å². The predicted molar refractivity (Wildman–Crippen MR) is 83.1 cm³/mol. The number of carbonyl (C=O) groups excluding carboxylic acids is 1. The maximum Gasteiger partial charge on any atom is 0.249 e. The summed E-state index contributed by atoms with van der Waals surface area (Å²) in [6.45, 7) is 4.60. The Bertz CT molecular complexity index is 637. The molecule has 0 bridgehead atoms. The molecule has 0 aliphatic carbocycles. The molecule has 2 rings (SSSR count). The van der Waals surface area contributed by atoms with E-state index in [4.69, 9.17) is 4.74 Å². The minimum Gasteiger partial charge on any atom is -0.368 e. The monoisotopic (exact) mass is 326 g/mol. The molecule has 7 heteroatoms. The maximum atomic E-state index is 12.3. The van der Waals surface area contributed by atoms with Crippen molar-refractivity contribution >= 4 is 15.9 Å². The summed E-state index contributed by atoms with van der Waals surface area (Å²) < 4.78 is 32.3. The highest BCUT2D eigenvalue weighted by molar-refractivity contribution is 7.89. The van der Waals surface area contributed by atoms with Gasteiger partial charge in [0.1, 0.15) is 6.10 Å². The lowest BCUT2D eigenvalue weighted by Gasteiger charge is -2.12. The van der Waals surface area contributed by atoms with Gasteiger partial charge in [-0.25, -0.2) is 13.1 Å². The average Bonchev–Trinajstić information content (AvgIpc) is 3.00. The van der Waals surface area contributed by atoms with Crippen molar-refractivity contribution in [3.05, 3.63) is 29.3 Å². The van der Waals surface area contributed by atoms with Crippen LogP contribution in [0.4, 0.5) is 0 Å². The Morgan fingerprint density at radius 3 is 2.77 bits per heavy atom. The number of ether oxygens (including phenoxy) is 1. The highest BCUT2D eigenvalue weighted by Crippen LogP contribution is 2.16. The lowest BCUT2D eigenvalue weighted by atomic mass is 10.2. The first-order valence-electron chi connectivity index (χ1n) is 7.36. The van der Waals surface area contributed by atoms with E-state index in [0.717, 1.165) is 18.4 Å². The van der Waals surface area contributed by atoms with Crippen molar-refractivity contribution in [2.24, 2.45) is 0 Å². The van der Waals surface area contributed by atoms with Crippen LogP contribution in [0.5, 0.6) is 0 Å². The van der Waals surface area contributed by atoms with Crippen LogP contribution >= 0.6 is 0 Å². The number of amides is 1. The predicted octanol–water partition coefficient (Wildman–Crippen LogP) is 0.877. The smallest absolute Gasteiger partial charge is 0.249 e. The van der Waals surface area contributed by atoms with E-state index in [2.05, 4.69) is 10.0 Å². The quantitative estimate of drug-likeness (QED) is 0.760. The minimum atomic E-state index is -3.56. The van der Waals surface area contributed by atoms with Crippen molar-refractivity contribution in [1.82, 2.24) is 10.0 Å². The third kappa shape index (κ3) is 4.28. The largest absolute Gasteiger partial charge is 0.368 e. The van der Waals surface area contributed by atoms with Gasteiger partial charge in [-0.1, -0.05) is 12.1 Å². The van der Waals surface area contributed by atoms with Gasteiger partial charge in [-0.05, 0) is 43.9 Å². The van der Waals surface area contributed by atoms with E-state index in [1.165, 1.54) is 0 Å². The van der Waals surface area contributed by atoms with Crippen molar-refractivity contribution in [3.8, 4) is 0 Å². The standard InChI is InChI=1S/C15H22N2O4S/c1-11-5-6-12(2)14(10-11)22(19,20)17-8-7-16-15(18)13-4-3-9-21-13/h5-6,10,13,17H,3-4,7-9H2,1-2H3,(H,16,18). The molecule has 6 nitrogen and oxygen atoms in total. The second kappa shape index (κ2) is 7.21. The number of sulfonamides is 1. The highest BCUT2D eigenvalue weighted by atomic mass is 32.2. The van der Waals surface area contributed by atoms with Crippen LogP contribution in [0.25, 0.3) is 0 Å². The summed E-state index contributed by atoms with van der Waals surface area (Å²) in [4.78, 5) is 12.0. The third-order valence-corrected chi connectivity index (χ3v) is 5.17. The van der Waals surface area contributed by atoms with Gasteiger partial charge in [-0.2, -0.15) is 0 Å². The van der Waals surface area contributed by atoms with E-state index in [-0.39, 0.29) is 23.9 Å². The number of hydrogen-bond donors (Lipinski definition) is 2. The van der Waals surface area contributed by atoms with Gasteiger partial charge in [0.2, 0.25) is 15.9 Å².